The molecule has 1 atom stereocenters. The van der Waals surface area contributed by atoms with E-state index < -0.39 is 5.97 Å². The topological polar surface area (TPSA) is 57.7 Å². The lowest BCUT2D eigenvalue weighted by Crippen LogP contribution is -2.09. The minimum absolute atomic E-state index is 0.0430. The summed E-state index contributed by atoms with van der Waals surface area (Å²) >= 11 is 0. The molecule has 1 aromatic carbocycles. The summed E-state index contributed by atoms with van der Waals surface area (Å²) in [6.07, 6.45) is 3.93. The number of carbonyl (C=O) groups excluding carboxylic acids is 1. The molecule has 120 valence electrons. The highest BCUT2D eigenvalue weighted by Crippen LogP contribution is 2.31. The fraction of sp³-hybridized carbons (Fsp3) is 0.353. The molecule has 23 heavy (non-hydrogen) atoms. The van der Waals surface area contributed by atoms with E-state index in [1.807, 2.05) is 13.8 Å². The summed E-state index contributed by atoms with van der Waals surface area (Å²) in [5.74, 6) is 0.136. The summed E-state index contributed by atoms with van der Waals surface area (Å²) in [6.45, 7) is 13.4. The van der Waals surface area contributed by atoms with E-state index in [9.17, 15) is 4.79 Å². The van der Waals surface area contributed by atoms with E-state index in [0.29, 0.717) is 29.3 Å². The van der Waals surface area contributed by atoms with Crippen molar-refractivity contribution in [1.82, 2.24) is 9.78 Å². The minimum atomic E-state index is -0.416. The van der Waals surface area contributed by atoms with Gasteiger partial charge >= 0.3 is 5.97 Å². The van der Waals surface area contributed by atoms with Crippen LogP contribution >= 0.6 is 0 Å². The molecule has 0 spiro atoms. The summed E-state index contributed by atoms with van der Waals surface area (Å²) < 4.78 is 12.2. The van der Waals surface area contributed by atoms with Gasteiger partial charge in [-0.05, 0) is 38.5 Å². The van der Waals surface area contributed by atoms with E-state index in [1.165, 1.54) is 10.9 Å². The lowest BCUT2D eigenvalue weighted by Gasteiger charge is -2.14. The number of rotatable bonds is 6. The van der Waals surface area contributed by atoms with Gasteiger partial charge in [0.1, 0.15) is 5.75 Å². The molecule has 6 heteroatoms. The van der Waals surface area contributed by atoms with Crippen LogP contribution in [0.3, 0.4) is 0 Å². The van der Waals surface area contributed by atoms with Gasteiger partial charge in [0.15, 0.2) is 0 Å². The SMILES string of the molecule is [C-]#[N+]c1cc(-n2cc(C(=O)OCC)cn2)ccc1OC(C)CC. The van der Waals surface area contributed by atoms with Gasteiger partial charge in [-0.2, -0.15) is 5.10 Å². The van der Waals surface area contributed by atoms with Crippen molar-refractivity contribution >= 4 is 11.7 Å². The van der Waals surface area contributed by atoms with Gasteiger partial charge in [0.05, 0.1) is 36.7 Å². The van der Waals surface area contributed by atoms with E-state index in [-0.39, 0.29) is 6.10 Å². The minimum Gasteiger partial charge on any atom is -0.502 e. The highest BCUT2D eigenvalue weighted by molar-refractivity contribution is 5.88. The molecule has 0 radical (unpaired) electrons. The second-order valence-electron chi connectivity index (χ2n) is 4.99. The maximum absolute atomic E-state index is 11.7. The lowest BCUT2D eigenvalue weighted by molar-refractivity contribution is 0.0526. The first-order chi connectivity index (χ1) is 11.1. The molecule has 2 rings (SSSR count). The van der Waals surface area contributed by atoms with Crippen molar-refractivity contribution in [3.8, 4) is 11.4 Å². The average Bonchev–Trinajstić information content (AvgIpc) is 3.05. The third kappa shape index (κ3) is 3.89. The number of carbonyl (C=O) groups is 1. The quantitative estimate of drug-likeness (QED) is 0.601. The Hall–Kier alpha value is -2.81. The maximum Gasteiger partial charge on any atom is 0.341 e. The van der Waals surface area contributed by atoms with Crippen LogP contribution in [0.1, 0.15) is 37.6 Å². The van der Waals surface area contributed by atoms with Crippen molar-refractivity contribution in [2.45, 2.75) is 33.3 Å². The van der Waals surface area contributed by atoms with Crippen LogP contribution in [0, 0.1) is 6.57 Å². The molecule has 0 bridgehead atoms. The standard InChI is InChI=1S/C17H19N3O3/c1-5-12(3)23-16-8-7-14(9-15(16)18-4)20-11-13(10-19-20)17(21)22-6-2/h7-12H,5-6H2,1-3H3. The molecule has 0 aliphatic heterocycles. The number of hydrogen-bond acceptors (Lipinski definition) is 4. The normalized spacial score (nSPS) is 11.6. The molecule has 2 aromatic rings. The average molecular weight is 313 g/mol. The fourth-order valence-electron chi connectivity index (χ4n) is 1.92. The van der Waals surface area contributed by atoms with Crippen LogP contribution in [-0.2, 0) is 4.74 Å². The lowest BCUT2D eigenvalue weighted by atomic mass is 10.2. The summed E-state index contributed by atoms with van der Waals surface area (Å²) in [5, 5.41) is 4.14. The number of nitrogens with zero attached hydrogens (tertiary/aromatic N) is 3. The van der Waals surface area contributed by atoms with Crippen LogP contribution < -0.4 is 4.74 Å². The van der Waals surface area contributed by atoms with Crippen LogP contribution in [0.2, 0.25) is 0 Å². The zero-order chi connectivity index (χ0) is 16.8. The van der Waals surface area contributed by atoms with E-state index in [2.05, 4.69) is 9.94 Å². The van der Waals surface area contributed by atoms with Gasteiger partial charge in [-0.3, -0.25) is 0 Å². The first-order valence-corrected chi connectivity index (χ1v) is 7.49. The number of aromatic nitrogens is 2. The molecular formula is C17H19N3O3. The first kappa shape index (κ1) is 16.6. The van der Waals surface area contributed by atoms with Crippen molar-refractivity contribution in [3.05, 3.63) is 47.6 Å². The Balaban J connectivity index is 2.27. The Labute approximate surface area is 135 Å². The third-order valence-electron chi connectivity index (χ3n) is 3.32. The maximum atomic E-state index is 11.7. The third-order valence-corrected chi connectivity index (χ3v) is 3.32. The summed E-state index contributed by atoms with van der Waals surface area (Å²) in [7, 11) is 0. The Morgan fingerprint density at radius 3 is 2.87 bits per heavy atom. The fourth-order valence-corrected chi connectivity index (χ4v) is 1.92. The van der Waals surface area contributed by atoms with E-state index in [0.717, 1.165) is 6.42 Å². The van der Waals surface area contributed by atoms with E-state index >= 15 is 0 Å². The highest BCUT2D eigenvalue weighted by atomic mass is 16.5. The Morgan fingerprint density at radius 1 is 1.43 bits per heavy atom. The Bertz CT molecular complexity index is 731. The highest BCUT2D eigenvalue weighted by Gasteiger charge is 2.12. The Kier molecular flexibility index (Phi) is 5.36. The molecule has 0 amide bonds. The van der Waals surface area contributed by atoms with Crippen LogP contribution in [0.15, 0.2) is 30.6 Å². The summed E-state index contributed by atoms with van der Waals surface area (Å²) in [6, 6.07) is 5.24. The molecule has 0 saturated heterocycles. The second-order valence-corrected chi connectivity index (χ2v) is 4.99. The zero-order valence-electron chi connectivity index (χ0n) is 13.4. The zero-order valence-corrected chi connectivity index (χ0v) is 13.4. The van der Waals surface area contributed by atoms with Gasteiger partial charge < -0.3 is 9.47 Å². The molecule has 0 fully saturated rings. The number of benzene rings is 1. The van der Waals surface area contributed by atoms with Crippen molar-refractivity contribution in [2.75, 3.05) is 6.61 Å². The smallest absolute Gasteiger partial charge is 0.341 e. The van der Waals surface area contributed by atoms with Crippen molar-refractivity contribution in [3.63, 3.8) is 0 Å². The Morgan fingerprint density at radius 2 is 2.22 bits per heavy atom. The molecule has 6 nitrogen and oxygen atoms in total. The van der Waals surface area contributed by atoms with Crippen LogP contribution in [0.4, 0.5) is 5.69 Å². The monoisotopic (exact) mass is 313 g/mol. The summed E-state index contributed by atoms with van der Waals surface area (Å²) in [4.78, 5) is 15.2. The van der Waals surface area contributed by atoms with Crippen LogP contribution in [0.25, 0.3) is 10.5 Å². The largest absolute Gasteiger partial charge is 0.502 e. The van der Waals surface area contributed by atoms with Crippen molar-refractivity contribution in [1.29, 1.82) is 0 Å². The number of ether oxygens (including phenoxy) is 2. The van der Waals surface area contributed by atoms with Gasteiger partial charge in [-0.15, -0.1) is 0 Å². The van der Waals surface area contributed by atoms with Gasteiger partial charge in [0.2, 0.25) is 5.69 Å². The van der Waals surface area contributed by atoms with Gasteiger partial charge in [-0.1, -0.05) is 6.92 Å². The molecule has 0 aliphatic rings. The summed E-state index contributed by atoms with van der Waals surface area (Å²) in [5.41, 5.74) is 1.47. The van der Waals surface area contributed by atoms with E-state index in [1.54, 1.807) is 31.3 Å². The predicted molar refractivity (Wildman–Crippen MR) is 86.2 cm³/mol. The molecule has 1 heterocycles. The molecular weight excluding hydrogens is 294 g/mol. The van der Waals surface area contributed by atoms with Gasteiger partial charge in [-0.25, -0.2) is 14.3 Å². The predicted octanol–water partition coefficient (Wildman–Crippen LogP) is 3.78. The van der Waals surface area contributed by atoms with E-state index in [4.69, 9.17) is 16.0 Å². The molecule has 0 saturated carbocycles. The molecule has 1 unspecified atom stereocenters. The van der Waals surface area contributed by atoms with Crippen LogP contribution in [-0.4, -0.2) is 28.5 Å². The molecule has 0 N–H and O–H groups in total. The second kappa shape index (κ2) is 7.45. The van der Waals surface area contributed by atoms with Crippen molar-refractivity contribution in [2.24, 2.45) is 0 Å². The number of hydrogen-bond donors (Lipinski definition) is 0. The van der Waals surface area contributed by atoms with Gasteiger partial charge in [0.25, 0.3) is 0 Å². The number of esters is 1. The van der Waals surface area contributed by atoms with Crippen molar-refractivity contribution < 1.29 is 14.3 Å². The first-order valence-electron chi connectivity index (χ1n) is 7.49. The molecule has 1 aromatic heterocycles. The van der Waals surface area contributed by atoms with Gasteiger partial charge in [0, 0.05) is 6.20 Å². The molecule has 0 aliphatic carbocycles. The van der Waals surface area contributed by atoms with Crippen LogP contribution in [0.5, 0.6) is 5.75 Å².